The highest BCUT2D eigenvalue weighted by atomic mass is 16.5. The second kappa shape index (κ2) is 11.0. The molecule has 0 radical (unpaired) electrons. The average Bonchev–Trinajstić information content (AvgIpc) is 2.47. The summed E-state index contributed by atoms with van der Waals surface area (Å²) < 4.78 is 10.6. The first-order valence-electron chi connectivity index (χ1n) is 7.84. The van der Waals surface area contributed by atoms with Crippen LogP contribution in [-0.4, -0.2) is 39.3 Å². The van der Waals surface area contributed by atoms with Gasteiger partial charge in [-0.3, -0.25) is 4.79 Å². The van der Waals surface area contributed by atoms with Crippen LogP contribution in [0, 0.1) is 5.92 Å². The van der Waals surface area contributed by atoms with Crippen LogP contribution in [-0.2, 0) is 9.53 Å². The van der Waals surface area contributed by atoms with Crippen LogP contribution in [0.3, 0.4) is 0 Å². The van der Waals surface area contributed by atoms with Crippen molar-refractivity contribution in [3.8, 4) is 5.75 Å². The highest BCUT2D eigenvalue weighted by Gasteiger charge is 2.03. The van der Waals surface area contributed by atoms with Crippen LogP contribution in [0.25, 0.3) is 0 Å². The summed E-state index contributed by atoms with van der Waals surface area (Å²) in [5.41, 5.74) is 0.755. The van der Waals surface area contributed by atoms with Crippen LogP contribution >= 0.6 is 0 Å². The van der Waals surface area contributed by atoms with Crippen molar-refractivity contribution in [1.82, 2.24) is 5.32 Å². The van der Waals surface area contributed by atoms with Crippen LogP contribution < -0.4 is 15.4 Å². The molecule has 5 nitrogen and oxygen atoms in total. The fraction of sp³-hybridized carbons (Fsp3) is 0.588. The summed E-state index contributed by atoms with van der Waals surface area (Å²) in [5, 5.41) is 5.94. The lowest BCUT2D eigenvalue weighted by Gasteiger charge is -2.10. The van der Waals surface area contributed by atoms with Crippen molar-refractivity contribution in [2.45, 2.75) is 26.7 Å². The van der Waals surface area contributed by atoms with Gasteiger partial charge in [-0.25, -0.2) is 0 Å². The SMILES string of the molecule is COCCCNCC(=O)Nc1cccc(OCCC(C)C)c1. The number of methoxy groups -OCH3 is 1. The maximum atomic E-state index is 11.8. The monoisotopic (exact) mass is 308 g/mol. The quantitative estimate of drug-likeness (QED) is 0.617. The fourth-order valence-electron chi connectivity index (χ4n) is 1.82. The van der Waals surface area contributed by atoms with Crippen molar-refractivity contribution < 1.29 is 14.3 Å². The van der Waals surface area contributed by atoms with E-state index in [-0.39, 0.29) is 5.91 Å². The molecule has 0 bridgehead atoms. The Morgan fingerprint density at radius 3 is 2.82 bits per heavy atom. The van der Waals surface area contributed by atoms with Gasteiger partial charge < -0.3 is 20.1 Å². The van der Waals surface area contributed by atoms with Crippen LogP contribution in [0.2, 0.25) is 0 Å². The molecule has 0 aromatic heterocycles. The number of carbonyl (C=O) groups is 1. The number of anilines is 1. The van der Waals surface area contributed by atoms with Gasteiger partial charge in [0.15, 0.2) is 0 Å². The van der Waals surface area contributed by atoms with Crippen molar-refractivity contribution in [2.75, 3.05) is 38.7 Å². The molecule has 0 fully saturated rings. The molecule has 2 N–H and O–H groups in total. The average molecular weight is 308 g/mol. The van der Waals surface area contributed by atoms with Gasteiger partial charge in [0, 0.05) is 25.5 Å². The third-order valence-electron chi connectivity index (χ3n) is 3.07. The summed E-state index contributed by atoms with van der Waals surface area (Å²) in [7, 11) is 1.67. The molecule has 0 heterocycles. The molecule has 1 aromatic carbocycles. The maximum absolute atomic E-state index is 11.8. The van der Waals surface area contributed by atoms with Gasteiger partial charge in [0.05, 0.1) is 13.2 Å². The van der Waals surface area contributed by atoms with E-state index in [9.17, 15) is 4.79 Å². The van der Waals surface area contributed by atoms with Crippen LogP contribution in [0.1, 0.15) is 26.7 Å². The molecule has 0 spiro atoms. The van der Waals surface area contributed by atoms with E-state index in [1.54, 1.807) is 7.11 Å². The summed E-state index contributed by atoms with van der Waals surface area (Å²) >= 11 is 0. The number of nitrogens with one attached hydrogen (secondary N) is 2. The third kappa shape index (κ3) is 8.64. The summed E-state index contributed by atoms with van der Waals surface area (Å²) in [6.07, 6.45) is 1.91. The zero-order valence-electron chi connectivity index (χ0n) is 13.9. The molecule has 0 unspecified atom stereocenters. The van der Waals surface area contributed by atoms with Gasteiger partial charge >= 0.3 is 0 Å². The summed E-state index contributed by atoms with van der Waals surface area (Å²) in [6, 6.07) is 7.49. The van der Waals surface area contributed by atoms with Crippen molar-refractivity contribution in [1.29, 1.82) is 0 Å². The van der Waals surface area contributed by atoms with Crippen molar-refractivity contribution in [3.05, 3.63) is 24.3 Å². The molecule has 1 rings (SSSR count). The Bertz CT molecular complexity index is 436. The van der Waals surface area contributed by atoms with E-state index >= 15 is 0 Å². The molecular weight excluding hydrogens is 280 g/mol. The molecular formula is C17H28N2O3. The standard InChI is InChI=1S/C17H28N2O3/c1-14(2)8-11-22-16-7-4-6-15(12-16)19-17(20)13-18-9-5-10-21-3/h4,6-7,12,14,18H,5,8-11,13H2,1-3H3,(H,19,20). The van der Waals surface area contributed by atoms with E-state index in [2.05, 4.69) is 24.5 Å². The lowest BCUT2D eigenvalue weighted by Crippen LogP contribution is -2.29. The molecule has 1 amide bonds. The van der Waals surface area contributed by atoms with E-state index < -0.39 is 0 Å². The van der Waals surface area contributed by atoms with E-state index in [0.717, 1.165) is 30.8 Å². The number of ether oxygens (including phenoxy) is 2. The Morgan fingerprint density at radius 1 is 1.27 bits per heavy atom. The number of hydrogen-bond acceptors (Lipinski definition) is 4. The zero-order valence-corrected chi connectivity index (χ0v) is 13.9. The van der Waals surface area contributed by atoms with Crippen LogP contribution in [0.5, 0.6) is 5.75 Å². The smallest absolute Gasteiger partial charge is 0.238 e. The van der Waals surface area contributed by atoms with Gasteiger partial charge in [0.2, 0.25) is 5.91 Å². The van der Waals surface area contributed by atoms with E-state index in [1.807, 2.05) is 24.3 Å². The highest BCUT2D eigenvalue weighted by Crippen LogP contribution is 2.17. The van der Waals surface area contributed by atoms with Crippen molar-refractivity contribution >= 4 is 11.6 Å². The molecule has 0 aliphatic rings. The van der Waals surface area contributed by atoms with Gasteiger partial charge in [-0.1, -0.05) is 19.9 Å². The van der Waals surface area contributed by atoms with Gasteiger partial charge in [-0.15, -0.1) is 0 Å². The van der Waals surface area contributed by atoms with Gasteiger partial charge in [0.25, 0.3) is 0 Å². The Hall–Kier alpha value is -1.59. The maximum Gasteiger partial charge on any atom is 0.238 e. The van der Waals surface area contributed by atoms with Crippen LogP contribution in [0.4, 0.5) is 5.69 Å². The number of hydrogen-bond donors (Lipinski definition) is 2. The minimum absolute atomic E-state index is 0.0586. The lowest BCUT2D eigenvalue weighted by atomic mass is 10.1. The second-order valence-corrected chi connectivity index (χ2v) is 5.63. The predicted octanol–water partition coefficient (Wildman–Crippen LogP) is 2.68. The Labute approximate surface area is 133 Å². The van der Waals surface area contributed by atoms with E-state index in [4.69, 9.17) is 9.47 Å². The molecule has 5 heteroatoms. The van der Waals surface area contributed by atoms with Crippen LogP contribution in [0.15, 0.2) is 24.3 Å². The first-order chi connectivity index (χ1) is 10.6. The Kier molecular flexibility index (Phi) is 9.26. The fourth-order valence-corrected chi connectivity index (χ4v) is 1.82. The Morgan fingerprint density at radius 2 is 2.09 bits per heavy atom. The first-order valence-corrected chi connectivity index (χ1v) is 7.84. The minimum Gasteiger partial charge on any atom is -0.494 e. The van der Waals surface area contributed by atoms with E-state index in [1.165, 1.54) is 0 Å². The largest absolute Gasteiger partial charge is 0.494 e. The lowest BCUT2D eigenvalue weighted by molar-refractivity contribution is -0.115. The first kappa shape index (κ1) is 18.5. The van der Waals surface area contributed by atoms with Gasteiger partial charge in [-0.05, 0) is 37.4 Å². The summed E-state index contributed by atoms with van der Waals surface area (Å²) in [4.78, 5) is 11.8. The number of benzene rings is 1. The molecule has 124 valence electrons. The molecule has 0 saturated heterocycles. The molecule has 1 aromatic rings. The number of carbonyl (C=O) groups excluding carboxylic acids is 1. The Balaban J connectivity index is 2.31. The normalized spacial score (nSPS) is 10.7. The number of rotatable bonds is 11. The molecule has 0 aliphatic carbocycles. The predicted molar refractivity (Wildman–Crippen MR) is 89.4 cm³/mol. The second-order valence-electron chi connectivity index (χ2n) is 5.63. The van der Waals surface area contributed by atoms with Gasteiger partial charge in [-0.2, -0.15) is 0 Å². The molecule has 0 atom stereocenters. The molecule has 0 aliphatic heterocycles. The minimum atomic E-state index is -0.0586. The highest BCUT2D eigenvalue weighted by molar-refractivity contribution is 5.92. The summed E-state index contributed by atoms with van der Waals surface area (Å²) in [5.74, 6) is 1.34. The third-order valence-corrected chi connectivity index (χ3v) is 3.07. The molecule has 0 saturated carbocycles. The topological polar surface area (TPSA) is 59.6 Å². The van der Waals surface area contributed by atoms with Gasteiger partial charge in [0.1, 0.15) is 5.75 Å². The van der Waals surface area contributed by atoms with E-state index in [0.29, 0.717) is 25.7 Å². The van der Waals surface area contributed by atoms with Crippen molar-refractivity contribution in [3.63, 3.8) is 0 Å². The molecule has 22 heavy (non-hydrogen) atoms. The van der Waals surface area contributed by atoms with Crippen molar-refractivity contribution in [2.24, 2.45) is 5.92 Å². The zero-order chi connectivity index (χ0) is 16.2. The number of amides is 1. The summed E-state index contributed by atoms with van der Waals surface area (Å²) in [6.45, 7) is 6.78.